The van der Waals surface area contributed by atoms with Crippen LogP contribution in [-0.4, -0.2) is 34.4 Å². The third kappa shape index (κ3) is 4.32. The molecule has 0 unspecified atom stereocenters. The SMILES string of the molecule is Cc1ncc(CNC(=O)N[C@H]2CC(=O)N(Cc3ccccc3)C2)s1. The number of aromatic nitrogens is 1. The number of urea groups is 1. The van der Waals surface area contributed by atoms with E-state index >= 15 is 0 Å². The lowest BCUT2D eigenvalue weighted by Gasteiger charge is -2.17. The standard InChI is InChI=1S/C17H20N4O2S/c1-12-18-8-15(24-12)9-19-17(23)20-14-7-16(22)21(11-14)10-13-5-3-2-4-6-13/h2-6,8,14H,7,9-11H2,1H3,(H2,19,20,23)/t14-/m0/s1. The molecule has 3 amide bonds. The third-order valence-corrected chi connectivity index (χ3v) is 4.77. The van der Waals surface area contributed by atoms with Gasteiger partial charge >= 0.3 is 6.03 Å². The lowest BCUT2D eigenvalue weighted by molar-refractivity contribution is -0.128. The molecule has 2 aromatic rings. The van der Waals surface area contributed by atoms with E-state index in [2.05, 4.69) is 15.6 Å². The van der Waals surface area contributed by atoms with Gasteiger partial charge in [0, 0.05) is 30.6 Å². The van der Waals surface area contributed by atoms with Crippen molar-refractivity contribution in [3.8, 4) is 0 Å². The number of likely N-dealkylation sites (tertiary alicyclic amines) is 1. The molecule has 1 aliphatic rings. The van der Waals surface area contributed by atoms with Crippen LogP contribution in [0.1, 0.15) is 21.9 Å². The first-order valence-electron chi connectivity index (χ1n) is 7.87. The maximum Gasteiger partial charge on any atom is 0.315 e. The molecular weight excluding hydrogens is 324 g/mol. The summed E-state index contributed by atoms with van der Waals surface area (Å²) < 4.78 is 0. The zero-order valence-corrected chi connectivity index (χ0v) is 14.3. The molecule has 1 saturated heterocycles. The van der Waals surface area contributed by atoms with Crippen LogP contribution < -0.4 is 10.6 Å². The van der Waals surface area contributed by atoms with Crippen LogP contribution in [-0.2, 0) is 17.9 Å². The summed E-state index contributed by atoms with van der Waals surface area (Å²) in [4.78, 5) is 31.0. The molecule has 2 heterocycles. The van der Waals surface area contributed by atoms with Crippen LogP contribution in [0.2, 0.25) is 0 Å². The van der Waals surface area contributed by atoms with Crippen molar-refractivity contribution in [1.82, 2.24) is 20.5 Å². The van der Waals surface area contributed by atoms with Gasteiger partial charge in [-0.2, -0.15) is 0 Å². The van der Waals surface area contributed by atoms with E-state index in [4.69, 9.17) is 0 Å². The molecule has 0 bridgehead atoms. The number of carbonyl (C=O) groups is 2. The van der Waals surface area contributed by atoms with Crippen LogP contribution >= 0.6 is 11.3 Å². The van der Waals surface area contributed by atoms with Crippen molar-refractivity contribution in [2.24, 2.45) is 0 Å². The van der Waals surface area contributed by atoms with Crippen LogP contribution in [0.4, 0.5) is 4.79 Å². The number of aryl methyl sites for hydroxylation is 1. The monoisotopic (exact) mass is 344 g/mol. The Morgan fingerprint density at radius 3 is 2.88 bits per heavy atom. The zero-order chi connectivity index (χ0) is 16.9. The lowest BCUT2D eigenvalue weighted by atomic mass is 10.2. The van der Waals surface area contributed by atoms with E-state index < -0.39 is 0 Å². The highest BCUT2D eigenvalue weighted by Gasteiger charge is 2.30. The number of hydrogen-bond donors (Lipinski definition) is 2. The fourth-order valence-corrected chi connectivity index (χ4v) is 3.45. The normalized spacial score (nSPS) is 17.1. The first-order chi connectivity index (χ1) is 11.6. The summed E-state index contributed by atoms with van der Waals surface area (Å²) in [5, 5.41) is 6.66. The van der Waals surface area contributed by atoms with E-state index in [1.54, 1.807) is 22.4 Å². The molecule has 7 heteroatoms. The van der Waals surface area contributed by atoms with Gasteiger partial charge in [-0.1, -0.05) is 30.3 Å². The molecule has 126 valence electrons. The Morgan fingerprint density at radius 2 is 2.17 bits per heavy atom. The number of nitrogens with one attached hydrogen (secondary N) is 2. The highest BCUT2D eigenvalue weighted by Crippen LogP contribution is 2.15. The Kier molecular flexibility index (Phi) is 5.10. The van der Waals surface area contributed by atoms with Crippen molar-refractivity contribution in [2.75, 3.05) is 6.54 Å². The molecule has 3 rings (SSSR count). The zero-order valence-electron chi connectivity index (χ0n) is 13.5. The number of thiazole rings is 1. The first-order valence-corrected chi connectivity index (χ1v) is 8.69. The Bertz CT molecular complexity index is 716. The Morgan fingerprint density at radius 1 is 1.38 bits per heavy atom. The molecule has 6 nitrogen and oxygen atoms in total. The molecule has 0 radical (unpaired) electrons. The van der Waals surface area contributed by atoms with Crippen LogP contribution in [0.25, 0.3) is 0 Å². The van der Waals surface area contributed by atoms with Crippen molar-refractivity contribution in [3.63, 3.8) is 0 Å². The summed E-state index contributed by atoms with van der Waals surface area (Å²) in [5.41, 5.74) is 1.09. The smallest absolute Gasteiger partial charge is 0.315 e. The molecule has 1 aromatic heterocycles. The van der Waals surface area contributed by atoms with E-state index in [0.717, 1.165) is 15.4 Å². The van der Waals surface area contributed by atoms with Crippen LogP contribution in [0.5, 0.6) is 0 Å². The maximum atomic E-state index is 12.1. The minimum absolute atomic E-state index is 0.0715. The van der Waals surface area contributed by atoms with Crippen LogP contribution in [0.3, 0.4) is 0 Å². The van der Waals surface area contributed by atoms with E-state index in [1.165, 1.54) is 0 Å². The van der Waals surface area contributed by atoms with E-state index in [1.807, 2.05) is 37.3 Å². The van der Waals surface area contributed by atoms with Gasteiger partial charge in [0.05, 0.1) is 17.6 Å². The summed E-state index contributed by atoms with van der Waals surface area (Å²) >= 11 is 1.56. The second-order valence-corrected chi connectivity index (χ2v) is 7.15. The molecule has 0 saturated carbocycles. The highest BCUT2D eigenvalue weighted by molar-refractivity contribution is 7.11. The maximum absolute atomic E-state index is 12.1. The molecule has 1 aromatic carbocycles. The fraction of sp³-hybridized carbons (Fsp3) is 0.353. The molecule has 0 spiro atoms. The van der Waals surface area contributed by atoms with E-state index in [9.17, 15) is 9.59 Å². The third-order valence-electron chi connectivity index (χ3n) is 3.86. The fourth-order valence-electron chi connectivity index (χ4n) is 2.72. The van der Waals surface area contributed by atoms with Gasteiger partial charge in [0.1, 0.15) is 0 Å². The lowest BCUT2D eigenvalue weighted by Crippen LogP contribution is -2.42. The molecule has 1 aliphatic heterocycles. The largest absolute Gasteiger partial charge is 0.336 e. The van der Waals surface area contributed by atoms with Crippen molar-refractivity contribution >= 4 is 23.3 Å². The van der Waals surface area contributed by atoms with Gasteiger partial charge < -0.3 is 15.5 Å². The number of nitrogens with zero attached hydrogens (tertiary/aromatic N) is 2. The minimum atomic E-state index is -0.250. The summed E-state index contributed by atoms with van der Waals surface area (Å²) in [7, 11) is 0. The molecule has 1 fully saturated rings. The number of carbonyl (C=O) groups excluding carboxylic acids is 2. The second-order valence-electron chi connectivity index (χ2n) is 5.83. The van der Waals surface area contributed by atoms with Crippen LogP contribution in [0.15, 0.2) is 36.5 Å². The predicted molar refractivity (Wildman–Crippen MR) is 92.5 cm³/mol. The average Bonchev–Trinajstić information content (AvgIpc) is 3.12. The molecule has 1 atom stereocenters. The van der Waals surface area contributed by atoms with Gasteiger partial charge in [-0.15, -0.1) is 11.3 Å². The minimum Gasteiger partial charge on any atom is -0.336 e. The number of rotatable bonds is 5. The highest BCUT2D eigenvalue weighted by atomic mass is 32.1. The van der Waals surface area contributed by atoms with E-state index in [-0.39, 0.29) is 18.0 Å². The first kappa shape index (κ1) is 16.4. The van der Waals surface area contributed by atoms with Crippen molar-refractivity contribution < 1.29 is 9.59 Å². The molecule has 0 aliphatic carbocycles. The van der Waals surface area contributed by atoms with Crippen LogP contribution in [0, 0.1) is 6.92 Å². The van der Waals surface area contributed by atoms with Gasteiger partial charge in [-0.3, -0.25) is 4.79 Å². The Balaban J connectivity index is 1.46. The number of hydrogen-bond acceptors (Lipinski definition) is 4. The summed E-state index contributed by atoms with van der Waals surface area (Å²) in [6.07, 6.45) is 2.11. The quantitative estimate of drug-likeness (QED) is 0.872. The van der Waals surface area contributed by atoms with Gasteiger partial charge in [-0.25, -0.2) is 9.78 Å². The van der Waals surface area contributed by atoms with Crippen molar-refractivity contribution in [1.29, 1.82) is 0 Å². The molecular formula is C17H20N4O2S. The van der Waals surface area contributed by atoms with Gasteiger partial charge in [0.15, 0.2) is 0 Å². The molecule has 24 heavy (non-hydrogen) atoms. The molecule has 2 N–H and O–H groups in total. The number of amides is 3. The van der Waals surface area contributed by atoms with E-state index in [0.29, 0.717) is 26.1 Å². The Labute approximate surface area is 144 Å². The van der Waals surface area contributed by atoms with Crippen molar-refractivity contribution in [2.45, 2.75) is 32.5 Å². The van der Waals surface area contributed by atoms with Crippen molar-refractivity contribution in [3.05, 3.63) is 52.0 Å². The average molecular weight is 344 g/mol. The summed E-state index contributed by atoms with van der Waals surface area (Å²) in [5.74, 6) is 0.0715. The van der Waals surface area contributed by atoms with Gasteiger partial charge in [0.25, 0.3) is 0 Å². The second kappa shape index (κ2) is 7.44. The topological polar surface area (TPSA) is 74.3 Å². The Hall–Kier alpha value is -2.41. The van der Waals surface area contributed by atoms with Gasteiger partial charge in [0.2, 0.25) is 5.91 Å². The summed E-state index contributed by atoms with van der Waals surface area (Å²) in [6.45, 7) is 3.51. The number of benzene rings is 1. The van der Waals surface area contributed by atoms with Gasteiger partial charge in [-0.05, 0) is 12.5 Å². The summed E-state index contributed by atoms with van der Waals surface area (Å²) in [6, 6.07) is 9.47. The predicted octanol–water partition coefficient (Wildman–Crippen LogP) is 2.05.